The summed E-state index contributed by atoms with van der Waals surface area (Å²) in [6.45, 7) is 3.20. The fourth-order valence-electron chi connectivity index (χ4n) is 1.94. The van der Waals surface area contributed by atoms with E-state index in [-0.39, 0.29) is 0 Å². The monoisotopic (exact) mass is 246 g/mol. The van der Waals surface area contributed by atoms with Gasteiger partial charge in [-0.15, -0.1) is 0 Å². The Labute approximate surface area is 107 Å². The molecular weight excluding hydrogens is 228 g/mol. The van der Waals surface area contributed by atoms with Crippen molar-refractivity contribution >= 4 is 17.9 Å². The Balaban J connectivity index is 2.08. The highest BCUT2D eigenvalue weighted by molar-refractivity contribution is 5.85. The minimum Gasteiger partial charge on any atom is -0.478 e. The molecular formula is C14H18N2O2. The first-order valence-corrected chi connectivity index (χ1v) is 6.34. The van der Waals surface area contributed by atoms with E-state index in [2.05, 4.69) is 16.8 Å². The third-order valence-electron chi connectivity index (χ3n) is 2.94. The van der Waals surface area contributed by atoms with Crippen LogP contribution in [0.2, 0.25) is 0 Å². The Kier molecular flexibility index (Phi) is 3.97. The van der Waals surface area contributed by atoms with E-state index in [0.29, 0.717) is 6.04 Å². The topological polar surface area (TPSA) is 53.4 Å². The maximum atomic E-state index is 10.4. The fourth-order valence-corrected chi connectivity index (χ4v) is 1.94. The molecule has 0 aliphatic heterocycles. The van der Waals surface area contributed by atoms with Gasteiger partial charge in [-0.1, -0.05) is 6.92 Å². The minimum atomic E-state index is -0.940. The summed E-state index contributed by atoms with van der Waals surface area (Å²) in [6.07, 6.45) is 8.02. The molecule has 4 nitrogen and oxygen atoms in total. The average Bonchev–Trinajstić information content (AvgIpc) is 3.18. The van der Waals surface area contributed by atoms with Gasteiger partial charge in [0.25, 0.3) is 0 Å². The summed E-state index contributed by atoms with van der Waals surface area (Å²) in [7, 11) is 0. The highest BCUT2D eigenvalue weighted by atomic mass is 16.4. The first-order chi connectivity index (χ1) is 8.70. The smallest absolute Gasteiger partial charge is 0.328 e. The molecule has 0 radical (unpaired) electrons. The van der Waals surface area contributed by atoms with Crippen molar-refractivity contribution in [3.63, 3.8) is 0 Å². The van der Waals surface area contributed by atoms with Gasteiger partial charge in [0, 0.05) is 24.9 Å². The van der Waals surface area contributed by atoms with E-state index in [1.165, 1.54) is 12.8 Å². The molecule has 0 saturated heterocycles. The standard InChI is InChI=1S/C14H18N2O2/c1-2-9-16(12-5-6-12)13-7-3-11(10-15-13)4-8-14(17)18/h3-4,7-8,10,12H,2,5-6,9H2,1H3,(H,17,18)/b8-4+. The van der Waals surface area contributed by atoms with Crippen LogP contribution in [0.3, 0.4) is 0 Å². The van der Waals surface area contributed by atoms with Gasteiger partial charge in [-0.25, -0.2) is 9.78 Å². The SMILES string of the molecule is CCCN(c1ccc(/C=C/C(=O)O)cn1)C1CC1. The Bertz CT molecular complexity index is 436. The maximum Gasteiger partial charge on any atom is 0.328 e. The van der Waals surface area contributed by atoms with Crippen LogP contribution >= 0.6 is 0 Å². The molecule has 1 aromatic rings. The van der Waals surface area contributed by atoms with Crippen LogP contribution in [-0.2, 0) is 4.79 Å². The number of carboxylic acids is 1. The number of aliphatic carboxylic acids is 1. The van der Waals surface area contributed by atoms with Crippen LogP contribution in [0.4, 0.5) is 5.82 Å². The molecule has 1 aliphatic rings. The van der Waals surface area contributed by atoms with Crippen molar-refractivity contribution in [1.29, 1.82) is 0 Å². The number of anilines is 1. The zero-order valence-corrected chi connectivity index (χ0v) is 10.5. The second kappa shape index (κ2) is 5.67. The van der Waals surface area contributed by atoms with Crippen molar-refractivity contribution in [1.82, 2.24) is 4.98 Å². The van der Waals surface area contributed by atoms with Crippen molar-refractivity contribution in [3.8, 4) is 0 Å². The number of aromatic nitrogens is 1. The third kappa shape index (κ3) is 3.32. The van der Waals surface area contributed by atoms with Gasteiger partial charge in [0.05, 0.1) is 0 Å². The number of rotatable bonds is 6. The molecule has 18 heavy (non-hydrogen) atoms. The quantitative estimate of drug-likeness (QED) is 0.784. The lowest BCUT2D eigenvalue weighted by molar-refractivity contribution is -0.131. The number of pyridine rings is 1. The molecule has 2 rings (SSSR count). The molecule has 1 fully saturated rings. The third-order valence-corrected chi connectivity index (χ3v) is 2.94. The summed E-state index contributed by atoms with van der Waals surface area (Å²) in [5.41, 5.74) is 0.813. The van der Waals surface area contributed by atoms with E-state index in [0.717, 1.165) is 30.4 Å². The fraction of sp³-hybridized carbons (Fsp3) is 0.429. The molecule has 0 amide bonds. The molecule has 96 valence electrons. The first kappa shape index (κ1) is 12.6. The molecule has 0 aromatic carbocycles. The molecule has 0 bridgehead atoms. The van der Waals surface area contributed by atoms with Crippen molar-refractivity contribution in [2.45, 2.75) is 32.2 Å². The molecule has 1 aromatic heterocycles. The summed E-state index contributed by atoms with van der Waals surface area (Å²) in [5, 5.41) is 8.55. The Morgan fingerprint density at radius 1 is 1.56 bits per heavy atom. The number of carboxylic acid groups (broad SMARTS) is 1. The van der Waals surface area contributed by atoms with E-state index in [1.54, 1.807) is 12.3 Å². The van der Waals surface area contributed by atoms with Crippen LogP contribution in [0.15, 0.2) is 24.4 Å². The van der Waals surface area contributed by atoms with E-state index < -0.39 is 5.97 Å². The highest BCUT2D eigenvalue weighted by Gasteiger charge is 2.29. The Hall–Kier alpha value is -1.84. The predicted molar refractivity (Wildman–Crippen MR) is 71.6 cm³/mol. The van der Waals surface area contributed by atoms with Gasteiger partial charge < -0.3 is 10.0 Å². The largest absolute Gasteiger partial charge is 0.478 e. The lowest BCUT2D eigenvalue weighted by Crippen LogP contribution is -2.27. The van der Waals surface area contributed by atoms with Crippen molar-refractivity contribution < 1.29 is 9.90 Å². The van der Waals surface area contributed by atoms with E-state index >= 15 is 0 Å². The second-order valence-electron chi connectivity index (χ2n) is 4.55. The van der Waals surface area contributed by atoms with Gasteiger partial charge in [0.2, 0.25) is 0 Å². The van der Waals surface area contributed by atoms with Crippen LogP contribution < -0.4 is 4.90 Å². The highest BCUT2D eigenvalue weighted by Crippen LogP contribution is 2.30. The molecule has 0 atom stereocenters. The van der Waals surface area contributed by atoms with E-state index in [1.807, 2.05) is 12.1 Å². The molecule has 1 aliphatic carbocycles. The van der Waals surface area contributed by atoms with E-state index in [4.69, 9.17) is 5.11 Å². The van der Waals surface area contributed by atoms with Crippen molar-refractivity contribution in [2.75, 3.05) is 11.4 Å². The number of carbonyl (C=O) groups is 1. The molecule has 0 spiro atoms. The minimum absolute atomic E-state index is 0.651. The lowest BCUT2D eigenvalue weighted by atomic mass is 10.2. The molecule has 1 heterocycles. The summed E-state index contributed by atoms with van der Waals surface area (Å²) in [4.78, 5) is 17.2. The zero-order valence-electron chi connectivity index (χ0n) is 10.5. The van der Waals surface area contributed by atoms with Gasteiger partial charge in [-0.3, -0.25) is 0 Å². The van der Waals surface area contributed by atoms with E-state index in [9.17, 15) is 4.79 Å². The van der Waals surface area contributed by atoms with Crippen molar-refractivity contribution in [3.05, 3.63) is 30.0 Å². The maximum absolute atomic E-state index is 10.4. The first-order valence-electron chi connectivity index (χ1n) is 6.34. The summed E-state index contributed by atoms with van der Waals surface area (Å²) in [5.74, 6) is 0.0523. The normalized spacial score (nSPS) is 14.9. The van der Waals surface area contributed by atoms with Gasteiger partial charge in [0.15, 0.2) is 0 Å². The second-order valence-corrected chi connectivity index (χ2v) is 4.55. The summed E-state index contributed by atoms with van der Waals surface area (Å²) in [6, 6.07) is 4.53. The molecule has 0 unspecified atom stereocenters. The number of nitrogens with zero attached hydrogens (tertiary/aromatic N) is 2. The van der Waals surface area contributed by atoms with Crippen LogP contribution in [0.5, 0.6) is 0 Å². The zero-order chi connectivity index (χ0) is 13.0. The van der Waals surface area contributed by atoms with Crippen LogP contribution in [-0.4, -0.2) is 28.6 Å². The van der Waals surface area contributed by atoms with Crippen LogP contribution in [0.1, 0.15) is 31.7 Å². The number of hydrogen-bond donors (Lipinski definition) is 1. The lowest BCUT2D eigenvalue weighted by Gasteiger charge is -2.22. The van der Waals surface area contributed by atoms with Gasteiger partial charge in [-0.2, -0.15) is 0 Å². The molecule has 1 N–H and O–H groups in total. The summed E-state index contributed by atoms with van der Waals surface area (Å²) >= 11 is 0. The Morgan fingerprint density at radius 3 is 2.83 bits per heavy atom. The van der Waals surface area contributed by atoms with Gasteiger partial charge in [0.1, 0.15) is 5.82 Å². The average molecular weight is 246 g/mol. The predicted octanol–water partition coefficient (Wildman–Crippen LogP) is 2.56. The number of hydrogen-bond acceptors (Lipinski definition) is 3. The van der Waals surface area contributed by atoms with Crippen molar-refractivity contribution in [2.24, 2.45) is 0 Å². The Morgan fingerprint density at radius 2 is 2.33 bits per heavy atom. The molecule has 1 saturated carbocycles. The molecule has 4 heteroatoms. The van der Waals surface area contributed by atoms with Gasteiger partial charge in [-0.05, 0) is 43.0 Å². The van der Waals surface area contributed by atoms with Crippen LogP contribution in [0, 0.1) is 0 Å². The van der Waals surface area contributed by atoms with Gasteiger partial charge >= 0.3 is 5.97 Å². The van der Waals surface area contributed by atoms with Crippen LogP contribution in [0.25, 0.3) is 6.08 Å². The summed E-state index contributed by atoms with van der Waals surface area (Å²) < 4.78 is 0.